The number of fused-ring (bicyclic) bond motifs is 1. The van der Waals surface area contributed by atoms with Crippen molar-refractivity contribution >= 4 is 16.8 Å². The quantitative estimate of drug-likeness (QED) is 0.491. The summed E-state index contributed by atoms with van der Waals surface area (Å²) < 4.78 is 39.2. The molecule has 30 heavy (non-hydrogen) atoms. The van der Waals surface area contributed by atoms with E-state index < -0.39 is 17.4 Å². The molecule has 0 unspecified atom stereocenters. The molecule has 1 N–H and O–H groups in total. The van der Waals surface area contributed by atoms with Crippen LogP contribution in [0.1, 0.15) is 35.7 Å². The van der Waals surface area contributed by atoms with E-state index in [0.717, 1.165) is 23.4 Å². The van der Waals surface area contributed by atoms with Crippen LogP contribution < -0.4 is 10.1 Å². The summed E-state index contributed by atoms with van der Waals surface area (Å²) >= 11 is 0. The van der Waals surface area contributed by atoms with Gasteiger partial charge in [0, 0.05) is 42.5 Å². The highest BCUT2D eigenvalue weighted by molar-refractivity contribution is 5.97. The maximum absolute atomic E-state index is 14.7. The zero-order valence-corrected chi connectivity index (χ0v) is 16.8. The summed E-state index contributed by atoms with van der Waals surface area (Å²) in [4.78, 5) is 16.7. The van der Waals surface area contributed by atoms with Crippen LogP contribution >= 0.6 is 0 Å². The molecule has 0 aliphatic rings. The Hall–Kier alpha value is -3.06. The number of ether oxygens (including phenoxy) is 2. The number of nitrogens with zero attached hydrogens (tertiary/aromatic N) is 1. The molecular weight excluding hydrogens is 390 g/mol. The first-order valence-electron chi connectivity index (χ1n) is 9.90. The summed E-state index contributed by atoms with van der Waals surface area (Å²) in [5.41, 5.74) is 1.36. The molecule has 0 aliphatic heterocycles. The Balaban J connectivity index is 1.60. The van der Waals surface area contributed by atoms with Gasteiger partial charge < -0.3 is 14.8 Å². The number of carbonyl (C=O) groups excluding carboxylic acids is 1. The standard InChI is InChI=1S/C23H24F2N2O3/c1-2-29-12-3-4-13-30-22-19(24)9-7-18(21(22)25)15-27-23(28)17-8-10-20-16(14-17)6-5-11-26-20/h5-11,14H,2-4,12-13,15H2,1H3,(H,27,28). The molecule has 0 atom stereocenters. The van der Waals surface area contributed by atoms with Gasteiger partial charge in [-0.25, -0.2) is 8.78 Å². The monoisotopic (exact) mass is 414 g/mol. The Labute approximate surface area is 174 Å². The number of halogens is 2. The summed E-state index contributed by atoms with van der Waals surface area (Å²) in [5, 5.41) is 3.50. The highest BCUT2D eigenvalue weighted by atomic mass is 19.1. The van der Waals surface area contributed by atoms with Crippen LogP contribution in [0.4, 0.5) is 8.78 Å². The maximum Gasteiger partial charge on any atom is 0.251 e. The van der Waals surface area contributed by atoms with Gasteiger partial charge in [0.2, 0.25) is 0 Å². The lowest BCUT2D eigenvalue weighted by molar-refractivity contribution is 0.0950. The van der Waals surface area contributed by atoms with Crippen molar-refractivity contribution in [2.24, 2.45) is 0 Å². The van der Waals surface area contributed by atoms with E-state index in [-0.39, 0.29) is 24.6 Å². The molecule has 0 spiro atoms. The van der Waals surface area contributed by atoms with Gasteiger partial charge in [-0.2, -0.15) is 0 Å². The van der Waals surface area contributed by atoms with Crippen molar-refractivity contribution in [3.8, 4) is 5.75 Å². The molecule has 5 nitrogen and oxygen atoms in total. The zero-order valence-electron chi connectivity index (χ0n) is 16.8. The molecule has 0 bridgehead atoms. The lowest BCUT2D eigenvalue weighted by atomic mass is 10.1. The number of rotatable bonds is 10. The number of amides is 1. The normalized spacial score (nSPS) is 10.9. The van der Waals surface area contributed by atoms with Crippen molar-refractivity contribution in [1.82, 2.24) is 10.3 Å². The van der Waals surface area contributed by atoms with E-state index in [1.54, 1.807) is 30.5 Å². The summed E-state index contributed by atoms with van der Waals surface area (Å²) in [6.45, 7) is 3.22. The molecule has 2 aromatic carbocycles. The third-order valence-corrected chi connectivity index (χ3v) is 4.57. The van der Waals surface area contributed by atoms with Gasteiger partial charge >= 0.3 is 0 Å². The van der Waals surface area contributed by atoms with Crippen molar-refractivity contribution in [2.75, 3.05) is 19.8 Å². The van der Waals surface area contributed by atoms with E-state index in [9.17, 15) is 13.6 Å². The molecule has 158 valence electrons. The lowest BCUT2D eigenvalue weighted by Crippen LogP contribution is -2.23. The molecule has 1 amide bonds. The minimum Gasteiger partial charge on any atom is -0.488 e. The van der Waals surface area contributed by atoms with E-state index in [2.05, 4.69) is 10.3 Å². The minimum atomic E-state index is -0.803. The van der Waals surface area contributed by atoms with Gasteiger partial charge in [0.15, 0.2) is 17.4 Å². The molecule has 1 heterocycles. The highest BCUT2D eigenvalue weighted by Crippen LogP contribution is 2.25. The van der Waals surface area contributed by atoms with Crippen LogP contribution in [0.5, 0.6) is 5.75 Å². The molecule has 1 aromatic heterocycles. The second kappa shape index (κ2) is 10.6. The highest BCUT2D eigenvalue weighted by Gasteiger charge is 2.16. The Morgan fingerprint density at radius 3 is 2.77 bits per heavy atom. The molecule has 0 radical (unpaired) electrons. The molecule has 7 heteroatoms. The minimum absolute atomic E-state index is 0.0866. The molecular formula is C23H24F2N2O3. The topological polar surface area (TPSA) is 60.5 Å². The van der Waals surface area contributed by atoms with Gasteiger partial charge in [-0.3, -0.25) is 9.78 Å². The lowest BCUT2D eigenvalue weighted by Gasteiger charge is -2.12. The van der Waals surface area contributed by atoms with Crippen molar-refractivity contribution in [1.29, 1.82) is 0 Å². The van der Waals surface area contributed by atoms with E-state index in [1.165, 1.54) is 6.07 Å². The third kappa shape index (κ3) is 5.51. The van der Waals surface area contributed by atoms with Gasteiger partial charge in [0.05, 0.1) is 12.1 Å². The molecule has 0 aliphatic carbocycles. The van der Waals surface area contributed by atoms with Crippen LogP contribution in [0.15, 0.2) is 48.7 Å². The second-order valence-electron chi connectivity index (χ2n) is 6.70. The van der Waals surface area contributed by atoms with E-state index >= 15 is 0 Å². The Kier molecular flexibility index (Phi) is 7.68. The van der Waals surface area contributed by atoms with Gasteiger partial charge in [0.25, 0.3) is 5.91 Å². The average Bonchev–Trinajstić information content (AvgIpc) is 2.77. The predicted octanol–water partition coefficient (Wildman–Crippen LogP) is 4.64. The Morgan fingerprint density at radius 2 is 1.93 bits per heavy atom. The van der Waals surface area contributed by atoms with Crippen LogP contribution in [-0.4, -0.2) is 30.7 Å². The van der Waals surface area contributed by atoms with Gasteiger partial charge in [-0.1, -0.05) is 12.1 Å². The fraction of sp³-hybridized carbons (Fsp3) is 0.304. The second-order valence-corrected chi connectivity index (χ2v) is 6.70. The number of pyridine rings is 1. The van der Waals surface area contributed by atoms with Crippen molar-refractivity contribution in [2.45, 2.75) is 26.3 Å². The van der Waals surface area contributed by atoms with Crippen LogP contribution in [0, 0.1) is 11.6 Å². The first kappa shape index (κ1) is 21.6. The SMILES string of the molecule is CCOCCCCOc1c(F)ccc(CNC(=O)c2ccc3ncccc3c2)c1F. The zero-order chi connectivity index (χ0) is 21.3. The number of benzene rings is 2. The Morgan fingerprint density at radius 1 is 1.10 bits per heavy atom. The van der Waals surface area contributed by atoms with E-state index in [4.69, 9.17) is 9.47 Å². The van der Waals surface area contributed by atoms with Crippen molar-refractivity contribution in [3.05, 3.63) is 71.4 Å². The first-order valence-corrected chi connectivity index (χ1v) is 9.90. The van der Waals surface area contributed by atoms with Gasteiger partial charge in [-0.05, 0) is 50.1 Å². The number of nitrogens with one attached hydrogen (secondary N) is 1. The number of aromatic nitrogens is 1. The third-order valence-electron chi connectivity index (χ3n) is 4.57. The summed E-state index contributed by atoms with van der Waals surface area (Å²) in [6.07, 6.45) is 3.04. The number of hydrogen-bond acceptors (Lipinski definition) is 4. The van der Waals surface area contributed by atoms with Crippen LogP contribution in [-0.2, 0) is 11.3 Å². The number of unbranched alkanes of at least 4 members (excludes halogenated alkanes) is 1. The molecule has 0 fully saturated rings. The smallest absolute Gasteiger partial charge is 0.251 e. The van der Waals surface area contributed by atoms with Crippen LogP contribution in [0.25, 0.3) is 10.9 Å². The molecule has 3 rings (SSSR count). The number of hydrogen-bond donors (Lipinski definition) is 1. The van der Waals surface area contributed by atoms with Crippen molar-refractivity contribution in [3.63, 3.8) is 0 Å². The maximum atomic E-state index is 14.7. The van der Waals surface area contributed by atoms with E-state index in [0.29, 0.717) is 25.2 Å². The Bertz CT molecular complexity index is 1010. The van der Waals surface area contributed by atoms with E-state index in [1.807, 2.05) is 13.0 Å². The van der Waals surface area contributed by atoms with Gasteiger partial charge in [-0.15, -0.1) is 0 Å². The summed E-state index contributed by atoms with van der Waals surface area (Å²) in [5.74, 6) is -2.35. The average molecular weight is 414 g/mol. The fourth-order valence-corrected chi connectivity index (χ4v) is 2.96. The van der Waals surface area contributed by atoms with Gasteiger partial charge in [0.1, 0.15) is 0 Å². The predicted molar refractivity (Wildman–Crippen MR) is 110 cm³/mol. The number of carbonyl (C=O) groups is 1. The molecule has 3 aromatic rings. The van der Waals surface area contributed by atoms with Crippen LogP contribution in [0.2, 0.25) is 0 Å². The summed E-state index contributed by atoms with van der Waals surface area (Å²) in [6, 6.07) is 11.2. The van der Waals surface area contributed by atoms with Crippen LogP contribution in [0.3, 0.4) is 0 Å². The first-order chi connectivity index (χ1) is 14.6. The van der Waals surface area contributed by atoms with Crippen molar-refractivity contribution < 1.29 is 23.0 Å². The molecule has 0 saturated heterocycles. The largest absolute Gasteiger partial charge is 0.488 e. The fourth-order valence-electron chi connectivity index (χ4n) is 2.96. The summed E-state index contributed by atoms with van der Waals surface area (Å²) in [7, 11) is 0. The molecule has 0 saturated carbocycles.